The third-order valence-corrected chi connectivity index (χ3v) is 6.01. The smallest absolute Gasteiger partial charge is 0.274 e. The second-order valence-corrected chi connectivity index (χ2v) is 8.36. The number of benzene rings is 2. The van der Waals surface area contributed by atoms with Crippen molar-refractivity contribution in [3.8, 4) is 5.75 Å². The Balaban J connectivity index is 1.29. The zero-order valence-electron chi connectivity index (χ0n) is 17.6. The fraction of sp³-hybridized carbons (Fsp3) is 0.273. The number of aromatic nitrogens is 2. The van der Waals surface area contributed by atoms with Crippen molar-refractivity contribution in [3.63, 3.8) is 0 Å². The van der Waals surface area contributed by atoms with Gasteiger partial charge in [-0.15, -0.1) is 0 Å². The second-order valence-electron chi connectivity index (χ2n) is 7.55. The lowest BCUT2D eigenvalue weighted by Gasteiger charge is -2.34. The van der Waals surface area contributed by atoms with E-state index < -0.39 is 4.92 Å². The third-order valence-electron chi connectivity index (χ3n) is 5.35. The lowest BCUT2D eigenvalue weighted by molar-refractivity contribution is -0.384. The normalized spacial score (nSPS) is 14.3. The number of rotatable bonds is 7. The molecular formula is C22H21Cl2N5O4. The van der Waals surface area contributed by atoms with Crippen LogP contribution in [0.15, 0.2) is 54.7 Å². The minimum atomic E-state index is -0.530. The van der Waals surface area contributed by atoms with E-state index in [2.05, 4.69) is 10.00 Å². The van der Waals surface area contributed by atoms with Crippen molar-refractivity contribution in [2.75, 3.05) is 26.2 Å². The summed E-state index contributed by atoms with van der Waals surface area (Å²) < 4.78 is 7.05. The Hall–Kier alpha value is -3.14. The highest BCUT2D eigenvalue weighted by Crippen LogP contribution is 2.28. The number of non-ortho nitro benzene ring substituents is 1. The van der Waals surface area contributed by atoms with Gasteiger partial charge in [0.15, 0.2) is 12.4 Å². The molecule has 0 N–H and O–H groups in total. The molecule has 0 unspecified atom stereocenters. The maximum Gasteiger partial charge on any atom is 0.274 e. The van der Waals surface area contributed by atoms with Crippen molar-refractivity contribution in [2.24, 2.45) is 0 Å². The van der Waals surface area contributed by atoms with Crippen LogP contribution in [0.1, 0.15) is 16.1 Å². The lowest BCUT2D eigenvalue weighted by atomic mass is 10.2. The van der Waals surface area contributed by atoms with Crippen LogP contribution in [0.25, 0.3) is 0 Å². The van der Waals surface area contributed by atoms with E-state index in [0.717, 1.165) is 30.2 Å². The molecule has 172 valence electrons. The number of ether oxygens (including phenoxy) is 1. The minimum Gasteiger partial charge on any atom is -0.470 e. The first-order chi connectivity index (χ1) is 15.9. The maximum atomic E-state index is 12.8. The summed E-state index contributed by atoms with van der Waals surface area (Å²) in [5.74, 6) is 0.153. The monoisotopic (exact) mass is 489 g/mol. The lowest BCUT2D eigenvalue weighted by Crippen LogP contribution is -2.48. The van der Waals surface area contributed by atoms with Gasteiger partial charge >= 0.3 is 0 Å². The average Bonchev–Trinajstić information content (AvgIpc) is 3.29. The van der Waals surface area contributed by atoms with Gasteiger partial charge in [-0.3, -0.25) is 19.8 Å². The first kappa shape index (κ1) is 23.0. The van der Waals surface area contributed by atoms with E-state index in [1.54, 1.807) is 17.2 Å². The molecule has 1 saturated heterocycles. The fourth-order valence-electron chi connectivity index (χ4n) is 3.54. The van der Waals surface area contributed by atoms with E-state index in [1.165, 1.54) is 22.9 Å². The maximum absolute atomic E-state index is 12.8. The van der Waals surface area contributed by atoms with Gasteiger partial charge in [0, 0.05) is 56.1 Å². The van der Waals surface area contributed by atoms with E-state index in [-0.39, 0.29) is 23.3 Å². The first-order valence-electron chi connectivity index (χ1n) is 10.3. The highest BCUT2D eigenvalue weighted by molar-refractivity contribution is 6.32. The number of piperazine rings is 1. The van der Waals surface area contributed by atoms with Gasteiger partial charge in [-0.25, -0.2) is 4.68 Å². The Morgan fingerprint density at radius 3 is 2.52 bits per heavy atom. The summed E-state index contributed by atoms with van der Waals surface area (Å²) in [4.78, 5) is 27.2. The van der Waals surface area contributed by atoms with E-state index >= 15 is 0 Å². The fourth-order valence-corrected chi connectivity index (χ4v) is 3.97. The number of hydrogen-bond acceptors (Lipinski definition) is 6. The molecule has 1 aliphatic rings. The molecule has 3 aromatic rings. The zero-order chi connectivity index (χ0) is 23.4. The average molecular weight is 490 g/mol. The SMILES string of the molecule is O=C(c1ccn(COc2ccc([N+](=O)[O-])cc2Cl)n1)N1CCN(Cc2ccccc2Cl)CC1. The summed E-state index contributed by atoms with van der Waals surface area (Å²) in [6.07, 6.45) is 1.64. The van der Waals surface area contributed by atoms with E-state index in [1.807, 2.05) is 24.3 Å². The summed E-state index contributed by atoms with van der Waals surface area (Å²) in [6.45, 7) is 3.46. The van der Waals surface area contributed by atoms with Crippen LogP contribution in [0.4, 0.5) is 5.69 Å². The van der Waals surface area contributed by atoms with Crippen molar-refractivity contribution in [1.29, 1.82) is 0 Å². The molecule has 1 aromatic heterocycles. The first-order valence-corrected chi connectivity index (χ1v) is 11.0. The van der Waals surface area contributed by atoms with Crippen molar-refractivity contribution in [3.05, 3.63) is 86.1 Å². The highest BCUT2D eigenvalue weighted by Gasteiger charge is 2.24. The molecule has 1 aliphatic heterocycles. The number of carbonyl (C=O) groups excluding carboxylic acids is 1. The quantitative estimate of drug-likeness (QED) is 0.366. The van der Waals surface area contributed by atoms with Crippen LogP contribution in [-0.4, -0.2) is 56.6 Å². The van der Waals surface area contributed by atoms with Gasteiger partial charge in [0.2, 0.25) is 0 Å². The van der Waals surface area contributed by atoms with Gasteiger partial charge in [0.05, 0.1) is 9.95 Å². The molecule has 4 rings (SSSR count). The van der Waals surface area contributed by atoms with Crippen molar-refractivity contribution in [2.45, 2.75) is 13.3 Å². The summed E-state index contributed by atoms with van der Waals surface area (Å²) in [7, 11) is 0. The predicted molar refractivity (Wildman–Crippen MR) is 124 cm³/mol. The number of carbonyl (C=O) groups is 1. The number of hydrogen-bond donors (Lipinski definition) is 0. The molecule has 1 amide bonds. The van der Waals surface area contributed by atoms with Gasteiger partial charge in [0.25, 0.3) is 11.6 Å². The molecule has 0 atom stereocenters. The minimum absolute atomic E-state index is 0.0103. The predicted octanol–water partition coefficient (Wildman–Crippen LogP) is 4.09. The highest BCUT2D eigenvalue weighted by atomic mass is 35.5. The topological polar surface area (TPSA) is 93.7 Å². The molecule has 0 aliphatic carbocycles. The molecular weight excluding hydrogens is 469 g/mol. The molecule has 0 spiro atoms. The summed E-state index contributed by atoms with van der Waals surface area (Å²) in [5.41, 5.74) is 1.28. The number of halogens is 2. The van der Waals surface area contributed by atoms with Crippen molar-refractivity contribution in [1.82, 2.24) is 19.6 Å². The molecule has 9 nitrogen and oxygen atoms in total. The molecule has 11 heteroatoms. The summed E-state index contributed by atoms with van der Waals surface area (Å²) in [5, 5.41) is 16.0. The Morgan fingerprint density at radius 1 is 1.06 bits per heavy atom. The van der Waals surface area contributed by atoms with Crippen LogP contribution in [0, 0.1) is 10.1 Å². The van der Waals surface area contributed by atoms with Gasteiger partial charge in [0.1, 0.15) is 5.75 Å². The van der Waals surface area contributed by atoms with E-state index in [4.69, 9.17) is 27.9 Å². The van der Waals surface area contributed by atoms with Gasteiger partial charge in [-0.2, -0.15) is 5.10 Å². The Bertz CT molecular complexity index is 1160. The van der Waals surface area contributed by atoms with Crippen LogP contribution < -0.4 is 4.74 Å². The molecule has 2 aromatic carbocycles. The van der Waals surface area contributed by atoms with Gasteiger partial charge < -0.3 is 9.64 Å². The number of amides is 1. The van der Waals surface area contributed by atoms with Crippen molar-refractivity contribution < 1.29 is 14.5 Å². The molecule has 33 heavy (non-hydrogen) atoms. The Labute approximate surface area is 200 Å². The number of nitro benzene ring substituents is 1. The molecule has 0 saturated carbocycles. The van der Waals surface area contributed by atoms with Crippen LogP contribution in [0.5, 0.6) is 5.75 Å². The number of nitro groups is 1. The van der Waals surface area contributed by atoms with Crippen LogP contribution >= 0.6 is 23.2 Å². The second kappa shape index (κ2) is 10.2. The Morgan fingerprint density at radius 2 is 1.82 bits per heavy atom. The van der Waals surface area contributed by atoms with Crippen LogP contribution in [-0.2, 0) is 13.3 Å². The summed E-state index contributed by atoms with van der Waals surface area (Å²) in [6, 6.07) is 13.4. The molecule has 0 radical (unpaired) electrons. The Kier molecular flexibility index (Phi) is 7.12. The number of nitrogens with zero attached hydrogens (tertiary/aromatic N) is 5. The van der Waals surface area contributed by atoms with Crippen LogP contribution in [0.2, 0.25) is 10.0 Å². The van der Waals surface area contributed by atoms with Gasteiger partial charge in [-0.1, -0.05) is 41.4 Å². The van der Waals surface area contributed by atoms with Gasteiger partial charge in [-0.05, 0) is 23.8 Å². The van der Waals surface area contributed by atoms with E-state index in [9.17, 15) is 14.9 Å². The van der Waals surface area contributed by atoms with Crippen molar-refractivity contribution >= 4 is 34.8 Å². The van der Waals surface area contributed by atoms with E-state index in [0.29, 0.717) is 24.5 Å². The zero-order valence-corrected chi connectivity index (χ0v) is 19.1. The summed E-state index contributed by atoms with van der Waals surface area (Å²) >= 11 is 12.3. The molecule has 2 heterocycles. The third kappa shape index (κ3) is 5.62. The largest absolute Gasteiger partial charge is 0.470 e. The molecule has 0 bridgehead atoms. The standard InChI is InChI=1S/C22H21Cl2N5O4/c23-18-4-2-1-3-16(18)14-26-9-11-27(12-10-26)22(30)20-7-8-28(25-20)15-33-21-6-5-17(29(31)32)13-19(21)24/h1-8,13H,9-12,14-15H2. The molecule has 1 fully saturated rings. The van der Waals surface area contributed by atoms with Crippen LogP contribution in [0.3, 0.4) is 0 Å².